The molecule has 0 fully saturated rings. The topological polar surface area (TPSA) is 58.8 Å². The second-order valence-corrected chi connectivity index (χ2v) is 5.41. The van der Waals surface area contributed by atoms with Crippen molar-refractivity contribution in [1.29, 1.82) is 5.26 Å². The SMILES string of the molecule is CCc1cc2c(Oc3cccc(F)c3C#N)ncnc2s1. The van der Waals surface area contributed by atoms with E-state index in [1.165, 1.54) is 18.5 Å². The van der Waals surface area contributed by atoms with Gasteiger partial charge in [-0.1, -0.05) is 13.0 Å². The maximum atomic E-state index is 13.6. The lowest BCUT2D eigenvalue weighted by Crippen LogP contribution is -1.94. The minimum absolute atomic E-state index is 0.129. The number of hydrogen-bond acceptors (Lipinski definition) is 5. The fraction of sp³-hybridized carbons (Fsp3) is 0.133. The molecule has 2 heterocycles. The Hall–Kier alpha value is -2.52. The number of rotatable bonds is 3. The second kappa shape index (κ2) is 5.46. The minimum Gasteiger partial charge on any atom is -0.437 e. The van der Waals surface area contributed by atoms with Crippen LogP contribution < -0.4 is 4.74 Å². The highest BCUT2D eigenvalue weighted by atomic mass is 32.1. The van der Waals surface area contributed by atoms with Crippen molar-refractivity contribution in [2.24, 2.45) is 0 Å². The third-order valence-corrected chi connectivity index (χ3v) is 4.17. The van der Waals surface area contributed by atoms with Gasteiger partial charge in [0, 0.05) is 4.88 Å². The van der Waals surface area contributed by atoms with E-state index in [0.717, 1.165) is 21.5 Å². The number of aromatic nitrogens is 2. The van der Waals surface area contributed by atoms with Gasteiger partial charge in [0.1, 0.15) is 34.4 Å². The first-order valence-corrected chi connectivity index (χ1v) is 7.14. The van der Waals surface area contributed by atoms with Crippen LogP contribution >= 0.6 is 11.3 Å². The summed E-state index contributed by atoms with van der Waals surface area (Å²) >= 11 is 1.56. The third kappa shape index (κ3) is 2.43. The average molecular weight is 299 g/mol. The van der Waals surface area contributed by atoms with Crippen LogP contribution in [0.25, 0.3) is 10.2 Å². The van der Waals surface area contributed by atoms with E-state index >= 15 is 0 Å². The molecule has 0 radical (unpaired) electrons. The van der Waals surface area contributed by atoms with Gasteiger partial charge in [-0.25, -0.2) is 14.4 Å². The quantitative estimate of drug-likeness (QED) is 0.732. The maximum absolute atomic E-state index is 13.6. The molecule has 2 aromatic heterocycles. The summed E-state index contributed by atoms with van der Waals surface area (Å²) in [5, 5.41) is 9.80. The number of benzene rings is 1. The highest BCUT2D eigenvalue weighted by Crippen LogP contribution is 2.33. The Kier molecular flexibility index (Phi) is 3.50. The Balaban J connectivity index is 2.09. The Morgan fingerprint density at radius 2 is 2.24 bits per heavy atom. The molecule has 0 atom stereocenters. The molecule has 0 spiro atoms. The van der Waals surface area contributed by atoms with Crippen LogP contribution in [0.15, 0.2) is 30.6 Å². The molecule has 3 rings (SSSR count). The highest BCUT2D eigenvalue weighted by Gasteiger charge is 2.14. The average Bonchev–Trinajstić information content (AvgIpc) is 2.92. The van der Waals surface area contributed by atoms with Crippen LogP contribution in [0.1, 0.15) is 17.4 Å². The van der Waals surface area contributed by atoms with Gasteiger partial charge in [-0.05, 0) is 24.6 Å². The summed E-state index contributed by atoms with van der Waals surface area (Å²) in [6.45, 7) is 2.05. The molecule has 0 unspecified atom stereocenters. The standard InChI is InChI=1S/C15H10FN3OS/c1-2-9-6-10-14(18-8-19-15(10)21-9)20-13-5-3-4-12(16)11(13)7-17/h3-6,8H,2H2,1H3. The predicted octanol–water partition coefficient (Wildman–Crippen LogP) is 4.06. The van der Waals surface area contributed by atoms with E-state index in [1.54, 1.807) is 17.4 Å². The summed E-state index contributed by atoms with van der Waals surface area (Å²) in [5.74, 6) is -0.125. The van der Waals surface area contributed by atoms with Crippen LogP contribution in [0.3, 0.4) is 0 Å². The molecular formula is C15H10FN3OS. The molecule has 0 saturated heterocycles. The minimum atomic E-state index is -0.611. The molecule has 4 nitrogen and oxygen atoms in total. The number of nitrogens with zero attached hydrogens (tertiary/aromatic N) is 3. The summed E-state index contributed by atoms with van der Waals surface area (Å²) in [4.78, 5) is 10.3. The summed E-state index contributed by atoms with van der Waals surface area (Å²) in [6.07, 6.45) is 2.29. The van der Waals surface area contributed by atoms with Gasteiger partial charge < -0.3 is 4.74 Å². The van der Waals surface area contributed by atoms with E-state index < -0.39 is 5.82 Å². The molecule has 0 aliphatic heterocycles. The molecule has 1 aromatic carbocycles. The van der Waals surface area contributed by atoms with Crippen molar-refractivity contribution in [3.8, 4) is 17.7 Å². The van der Waals surface area contributed by atoms with Crippen molar-refractivity contribution < 1.29 is 9.13 Å². The molecule has 104 valence electrons. The number of fused-ring (bicyclic) bond motifs is 1. The Labute approximate surface area is 124 Å². The summed E-state index contributed by atoms with van der Waals surface area (Å²) in [5.41, 5.74) is -0.129. The smallest absolute Gasteiger partial charge is 0.231 e. The number of thiophene rings is 1. The summed E-state index contributed by atoms with van der Waals surface area (Å²) < 4.78 is 19.2. The van der Waals surface area contributed by atoms with Gasteiger partial charge in [0.2, 0.25) is 5.88 Å². The lowest BCUT2D eigenvalue weighted by Gasteiger charge is -2.07. The zero-order chi connectivity index (χ0) is 14.8. The first-order chi connectivity index (χ1) is 10.2. The van der Waals surface area contributed by atoms with Gasteiger partial charge in [-0.3, -0.25) is 0 Å². The van der Waals surface area contributed by atoms with E-state index in [9.17, 15) is 4.39 Å². The van der Waals surface area contributed by atoms with Crippen molar-refractivity contribution in [1.82, 2.24) is 9.97 Å². The zero-order valence-electron chi connectivity index (χ0n) is 11.1. The van der Waals surface area contributed by atoms with Crippen LogP contribution in [0.2, 0.25) is 0 Å². The first kappa shape index (κ1) is 13.5. The summed E-state index contributed by atoms with van der Waals surface area (Å²) in [6, 6.07) is 8.03. The van der Waals surface area contributed by atoms with Crippen LogP contribution in [-0.4, -0.2) is 9.97 Å². The predicted molar refractivity (Wildman–Crippen MR) is 78.0 cm³/mol. The van der Waals surface area contributed by atoms with Gasteiger partial charge >= 0.3 is 0 Å². The molecule has 0 amide bonds. The van der Waals surface area contributed by atoms with Gasteiger partial charge in [0.05, 0.1) is 5.39 Å². The van der Waals surface area contributed by atoms with E-state index in [4.69, 9.17) is 10.00 Å². The maximum Gasteiger partial charge on any atom is 0.231 e. The molecular weight excluding hydrogens is 289 g/mol. The van der Waals surface area contributed by atoms with E-state index in [-0.39, 0.29) is 11.3 Å². The zero-order valence-corrected chi connectivity index (χ0v) is 11.9. The Morgan fingerprint density at radius 3 is 3.00 bits per heavy atom. The largest absolute Gasteiger partial charge is 0.437 e. The number of halogens is 1. The monoisotopic (exact) mass is 299 g/mol. The Morgan fingerprint density at radius 1 is 1.38 bits per heavy atom. The van der Waals surface area contributed by atoms with Crippen molar-refractivity contribution in [2.75, 3.05) is 0 Å². The molecule has 0 N–H and O–H groups in total. The van der Waals surface area contributed by atoms with Crippen molar-refractivity contribution >= 4 is 21.6 Å². The molecule has 0 aliphatic carbocycles. The van der Waals surface area contributed by atoms with Crippen molar-refractivity contribution in [3.63, 3.8) is 0 Å². The number of nitriles is 1. The van der Waals surface area contributed by atoms with Gasteiger partial charge in [-0.2, -0.15) is 5.26 Å². The molecule has 6 heteroatoms. The highest BCUT2D eigenvalue weighted by molar-refractivity contribution is 7.18. The third-order valence-electron chi connectivity index (χ3n) is 2.99. The normalized spacial score (nSPS) is 10.5. The number of hydrogen-bond donors (Lipinski definition) is 0. The fourth-order valence-electron chi connectivity index (χ4n) is 1.94. The lowest BCUT2D eigenvalue weighted by atomic mass is 10.2. The number of ether oxygens (including phenoxy) is 1. The van der Waals surface area contributed by atoms with E-state index in [2.05, 4.69) is 16.9 Å². The molecule has 0 bridgehead atoms. The van der Waals surface area contributed by atoms with Gasteiger partial charge in [0.15, 0.2) is 0 Å². The van der Waals surface area contributed by atoms with Gasteiger partial charge in [0.25, 0.3) is 0 Å². The van der Waals surface area contributed by atoms with Crippen molar-refractivity contribution in [3.05, 3.63) is 46.9 Å². The summed E-state index contributed by atoms with van der Waals surface area (Å²) in [7, 11) is 0. The van der Waals surface area contributed by atoms with Crippen LogP contribution in [0, 0.1) is 17.1 Å². The molecule has 0 saturated carbocycles. The molecule has 3 aromatic rings. The fourth-order valence-corrected chi connectivity index (χ4v) is 2.87. The van der Waals surface area contributed by atoms with E-state index in [0.29, 0.717) is 5.88 Å². The van der Waals surface area contributed by atoms with Crippen LogP contribution in [0.5, 0.6) is 11.6 Å². The number of aryl methyl sites for hydroxylation is 1. The Bertz CT molecular complexity index is 854. The second-order valence-electron chi connectivity index (χ2n) is 4.29. The van der Waals surface area contributed by atoms with Crippen LogP contribution in [0.4, 0.5) is 4.39 Å². The molecule has 21 heavy (non-hydrogen) atoms. The van der Waals surface area contributed by atoms with Crippen LogP contribution in [-0.2, 0) is 6.42 Å². The molecule has 0 aliphatic rings. The van der Waals surface area contributed by atoms with E-state index in [1.807, 2.05) is 12.1 Å². The van der Waals surface area contributed by atoms with Crippen molar-refractivity contribution in [2.45, 2.75) is 13.3 Å². The lowest BCUT2D eigenvalue weighted by molar-refractivity contribution is 0.461. The van der Waals surface area contributed by atoms with Gasteiger partial charge in [-0.15, -0.1) is 11.3 Å². The first-order valence-electron chi connectivity index (χ1n) is 6.32.